The minimum Gasteiger partial charge on any atom is -0.352 e. The Bertz CT molecular complexity index is 238. The molecule has 1 fully saturated rings. The monoisotopic (exact) mass is 226 g/mol. The lowest BCUT2D eigenvalue weighted by Crippen LogP contribution is -2.50. The highest BCUT2D eigenvalue weighted by Crippen LogP contribution is 2.33. The van der Waals surface area contributed by atoms with Crippen molar-refractivity contribution in [3.63, 3.8) is 0 Å². The second-order valence-electron chi connectivity index (χ2n) is 5.73. The van der Waals surface area contributed by atoms with Crippen molar-refractivity contribution >= 4 is 5.91 Å². The standard InChI is InChI=1S/C13H26N2O/c1-8(2)11-6-5-9(3)7-12(11)15-13(16)10(4)14/h8-12H,5-7,14H2,1-4H3,(H,15,16)/t9?,10-,11?,12?/m0/s1. The van der Waals surface area contributed by atoms with Gasteiger partial charge in [-0.1, -0.05) is 27.2 Å². The summed E-state index contributed by atoms with van der Waals surface area (Å²) >= 11 is 0. The van der Waals surface area contributed by atoms with Crippen LogP contribution in [0.15, 0.2) is 0 Å². The van der Waals surface area contributed by atoms with Gasteiger partial charge < -0.3 is 11.1 Å². The zero-order chi connectivity index (χ0) is 12.3. The normalized spacial score (nSPS) is 32.5. The molecule has 0 aromatic carbocycles. The van der Waals surface area contributed by atoms with Crippen molar-refractivity contribution in [2.75, 3.05) is 0 Å². The van der Waals surface area contributed by atoms with Crippen molar-refractivity contribution in [2.45, 2.75) is 59.0 Å². The van der Waals surface area contributed by atoms with Crippen molar-refractivity contribution < 1.29 is 4.79 Å². The number of hydrogen-bond donors (Lipinski definition) is 2. The maximum atomic E-state index is 11.6. The van der Waals surface area contributed by atoms with E-state index in [1.807, 2.05) is 0 Å². The van der Waals surface area contributed by atoms with Gasteiger partial charge in [-0.05, 0) is 37.5 Å². The van der Waals surface area contributed by atoms with Crippen LogP contribution in [0.4, 0.5) is 0 Å². The van der Waals surface area contributed by atoms with E-state index in [1.165, 1.54) is 12.8 Å². The molecule has 0 bridgehead atoms. The van der Waals surface area contributed by atoms with Gasteiger partial charge in [-0.2, -0.15) is 0 Å². The number of rotatable bonds is 3. The molecule has 1 aliphatic carbocycles. The molecule has 3 heteroatoms. The average Bonchev–Trinajstić information content (AvgIpc) is 2.16. The minimum atomic E-state index is -0.398. The van der Waals surface area contributed by atoms with E-state index in [1.54, 1.807) is 6.92 Å². The first-order valence-electron chi connectivity index (χ1n) is 6.47. The van der Waals surface area contributed by atoms with Crippen molar-refractivity contribution in [3.05, 3.63) is 0 Å². The Labute approximate surface area is 99.2 Å². The van der Waals surface area contributed by atoms with E-state index >= 15 is 0 Å². The van der Waals surface area contributed by atoms with Crippen molar-refractivity contribution in [3.8, 4) is 0 Å². The summed E-state index contributed by atoms with van der Waals surface area (Å²) in [6.07, 6.45) is 3.61. The minimum absolute atomic E-state index is 0.00949. The summed E-state index contributed by atoms with van der Waals surface area (Å²) in [6.45, 7) is 8.49. The molecule has 3 N–H and O–H groups in total. The van der Waals surface area contributed by atoms with Gasteiger partial charge in [0.2, 0.25) is 5.91 Å². The highest BCUT2D eigenvalue weighted by molar-refractivity contribution is 5.81. The van der Waals surface area contributed by atoms with E-state index < -0.39 is 6.04 Å². The van der Waals surface area contributed by atoms with Crippen LogP contribution >= 0.6 is 0 Å². The van der Waals surface area contributed by atoms with Gasteiger partial charge in [0.15, 0.2) is 0 Å². The SMILES string of the molecule is CC1CCC(C(C)C)C(NC(=O)[C@H](C)N)C1. The highest BCUT2D eigenvalue weighted by atomic mass is 16.2. The Hall–Kier alpha value is -0.570. The lowest BCUT2D eigenvalue weighted by Gasteiger charge is -2.38. The van der Waals surface area contributed by atoms with Crippen LogP contribution in [-0.2, 0) is 4.79 Å². The summed E-state index contributed by atoms with van der Waals surface area (Å²) in [5.74, 6) is 1.95. The van der Waals surface area contributed by atoms with Crippen molar-refractivity contribution in [1.29, 1.82) is 0 Å². The van der Waals surface area contributed by atoms with Crippen molar-refractivity contribution in [2.24, 2.45) is 23.5 Å². The van der Waals surface area contributed by atoms with Gasteiger partial charge in [0.1, 0.15) is 0 Å². The van der Waals surface area contributed by atoms with E-state index in [0.717, 1.165) is 6.42 Å². The second-order valence-corrected chi connectivity index (χ2v) is 5.73. The zero-order valence-corrected chi connectivity index (χ0v) is 11.0. The lowest BCUT2D eigenvalue weighted by atomic mass is 9.74. The maximum Gasteiger partial charge on any atom is 0.236 e. The summed E-state index contributed by atoms with van der Waals surface area (Å²) in [4.78, 5) is 11.6. The second kappa shape index (κ2) is 5.67. The molecular weight excluding hydrogens is 200 g/mol. The average molecular weight is 226 g/mol. The van der Waals surface area contributed by atoms with Crippen LogP contribution in [0.3, 0.4) is 0 Å². The summed E-state index contributed by atoms with van der Waals surface area (Å²) in [5.41, 5.74) is 5.60. The molecule has 0 spiro atoms. The third-order valence-corrected chi connectivity index (χ3v) is 3.76. The molecule has 94 valence electrons. The smallest absolute Gasteiger partial charge is 0.236 e. The number of nitrogens with one attached hydrogen (secondary N) is 1. The van der Waals surface area contributed by atoms with Crippen LogP contribution in [-0.4, -0.2) is 18.0 Å². The van der Waals surface area contributed by atoms with Gasteiger partial charge in [-0.3, -0.25) is 4.79 Å². The third-order valence-electron chi connectivity index (χ3n) is 3.76. The molecule has 0 heterocycles. The van der Waals surface area contributed by atoms with Gasteiger partial charge >= 0.3 is 0 Å². The van der Waals surface area contributed by atoms with Gasteiger partial charge in [0.05, 0.1) is 6.04 Å². The third kappa shape index (κ3) is 3.48. The molecule has 0 saturated heterocycles. The van der Waals surface area contributed by atoms with Crippen LogP contribution in [0.1, 0.15) is 47.0 Å². The molecule has 1 aliphatic rings. The first kappa shape index (κ1) is 13.5. The van der Waals surface area contributed by atoms with Crippen LogP contribution < -0.4 is 11.1 Å². The van der Waals surface area contributed by atoms with Crippen molar-refractivity contribution in [1.82, 2.24) is 5.32 Å². The number of hydrogen-bond acceptors (Lipinski definition) is 2. The quantitative estimate of drug-likeness (QED) is 0.772. The predicted molar refractivity (Wildman–Crippen MR) is 66.9 cm³/mol. The highest BCUT2D eigenvalue weighted by Gasteiger charge is 2.31. The Morgan fingerprint density at radius 3 is 2.44 bits per heavy atom. The summed E-state index contributed by atoms with van der Waals surface area (Å²) < 4.78 is 0. The molecule has 3 nitrogen and oxygen atoms in total. The molecule has 0 aliphatic heterocycles. The number of nitrogens with two attached hydrogens (primary N) is 1. The van der Waals surface area contributed by atoms with E-state index in [9.17, 15) is 4.79 Å². The molecule has 0 radical (unpaired) electrons. The number of carbonyl (C=O) groups excluding carboxylic acids is 1. The Morgan fingerprint density at radius 2 is 1.94 bits per heavy atom. The summed E-state index contributed by atoms with van der Waals surface area (Å²) in [5, 5.41) is 3.12. The molecule has 16 heavy (non-hydrogen) atoms. The van der Waals surface area contributed by atoms with E-state index in [-0.39, 0.29) is 5.91 Å². The number of amides is 1. The molecule has 1 saturated carbocycles. The molecule has 1 amide bonds. The fourth-order valence-electron chi connectivity index (χ4n) is 2.68. The molecule has 0 aromatic heterocycles. The summed E-state index contributed by atoms with van der Waals surface area (Å²) in [6, 6.07) is -0.0766. The molecular formula is C13H26N2O. The van der Waals surface area contributed by atoms with E-state index in [2.05, 4.69) is 26.1 Å². The fraction of sp³-hybridized carbons (Fsp3) is 0.923. The predicted octanol–water partition coefficient (Wildman–Crippen LogP) is 1.91. The van der Waals surface area contributed by atoms with E-state index in [0.29, 0.717) is 23.8 Å². The van der Waals surface area contributed by atoms with Crippen LogP contribution in [0.25, 0.3) is 0 Å². The Morgan fingerprint density at radius 1 is 1.31 bits per heavy atom. The van der Waals surface area contributed by atoms with Crippen LogP contribution in [0.5, 0.6) is 0 Å². The van der Waals surface area contributed by atoms with E-state index in [4.69, 9.17) is 5.73 Å². The number of carbonyl (C=O) groups is 1. The molecule has 3 unspecified atom stereocenters. The largest absolute Gasteiger partial charge is 0.352 e. The molecule has 1 rings (SSSR count). The zero-order valence-electron chi connectivity index (χ0n) is 11.0. The Kier molecular flexibility index (Phi) is 4.78. The maximum absolute atomic E-state index is 11.6. The van der Waals surface area contributed by atoms with Crippen LogP contribution in [0.2, 0.25) is 0 Å². The lowest BCUT2D eigenvalue weighted by molar-refractivity contribution is -0.123. The Balaban J connectivity index is 2.61. The topological polar surface area (TPSA) is 55.1 Å². The van der Waals surface area contributed by atoms with Gasteiger partial charge in [0, 0.05) is 6.04 Å². The first-order valence-corrected chi connectivity index (χ1v) is 6.47. The van der Waals surface area contributed by atoms with Gasteiger partial charge in [0.25, 0.3) is 0 Å². The molecule has 0 aromatic rings. The summed E-state index contributed by atoms with van der Waals surface area (Å²) in [7, 11) is 0. The fourth-order valence-corrected chi connectivity index (χ4v) is 2.68. The van der Waals surface area contributed by atoms with Gasteiger partial charge in [-0.25, -0.2) is 0 Å². The first-order chi connectivity index (χ1) is 7.41. The molecule has 4 atom stereocenters. The van der Waals surface area contributed by atoms with Gasteiger partial charge in [-0.15, -0.1) is 0 Å². The van der Waals surface area contributed by atoms with Crippen LogP contribution in [0, 0.1) is 17.8 Å².